The van der Waals surface area contributed by atoms with E-state index in [4.69, 9.17) is 0 Å². The first-order valence-corrected chi connectivity index (χ1v) is 6.89. The minimum atomic E-state index is -2.77. The quantitative estimate of drug-likeness (QED) is 0.874. The van der Waals surface area contributed by atoms with Crippen molar-refractivity contribution in [3.05, 3.63) is 23.0 Å². The zero-order chi connectivity index (χ0) is 15.4. The SMILES string of the molecule is CN(C)CCc1nnc(NC(=O)c2ccn(C(F)F)n2)s1. The summed E-state index contributed by atoms with van der Waals surface area (Å²) in [7, 11) is 3.89. The zero-order valence-corrected chi connectivity index (χ0v) is 12.3. The van der Waals surface area contributed by atoms with Crippen molar-refractivity contribution in [2.24, 2.45) is 0 Å². The fourth-order valence-corrected chi connectivity index (χ4v) is 2.18. The van der Waals surface area contributed by atoms with E-state index in [0.29, 0.717) is 9.81 Å². The second kappa shape index (κ2) is 6.68. The number of likely N-dealkylation sites (N-methyl/N-ethyl adjacent to an activating group) is 1. The van der Waals surface area contributed by atoms with Gasteiger partial charge in [-0.25, -0.2) is 4.68 Å². The van der Waals surface area contributed by atoms with E-state index in [1.807, 2.05) is 19.0 Å². The molecule has 2 aromatic heterocycles. The number of nitrogens with one attached hydrogen (secondary N) is 1. The predicted octanol–water partition coefficient (Wildman–Crippen LogP) is 1.49. The fraction of sp³-hybridized carbons (Fsp3) is 0.455. The molecule has 0 aliphatic heterocycles. The van der Waals surface area contributed by atoms with Gasteiger partial charge in [-0.15, -0.1) is 10.2 Å². The van der Waals surface area contributed by atoms with Crippen LogP contribution < -0.4 is 5.32 Å². The first-order chi connectivity index (χ1) is 9.95. The standard InChI is InChI=1S/C11H14F2N6OS/c1-18(2)5-4-8-15-16-11(21-8)14-9(20)7-3-6-19(17-7)10(12)13/h3,6,10H,4-5H2,1-2H3,(H,14,16,20). The summed E-state index contributed by atoms with van der Waals surface area (Å²) in [5, 5.41) is 14.9. The van der Waals surface area contributed by atoms with Crippen LogP contribution in [0.5, 0.6) is 0 Å². The lowest BCUT2D eigenvalue weighted by atomic mass is 10.4. The van der Waals surface area contributed by atoms with E-state index in [9.17, 15) is 13.6 Å². The van der Waals surface area contributed by atoms with Gasteiger partial charge in [0, 0.05) is 19.2 Å². The summed E-state index contributed by atoms with van der Waals surface area (Å²) in [5.74, 6) is -0.593. The number of nitrogens with zero attached hydrogens (tertiary/aromatic N) is 5. The number of hydrogen-bond acceptors (Lipinski definition) is 6. The first kappa shape index (κ1) is 15.4. The average Bonchev–Trinajstić information content (AvgIpc) is 3.05. The molecule has 1 amide bonds. The number of aromatic nitrogens is 4. The molecule has 21 heavy (non-hydrogen) atoms. The number of hydrogen-bond donors (Lipinski definition) is 1. The van der Waals surface area contributed by atoms with Gasteiger partial charge in [0.1, 0.15) is 5.01 Å². The Morgan fingerprint density at radius 1 is 1.48 bits per heavy atom. The van der Waals surface area contributed by atoms with E-state index in [0.717, 1.165) is 24.2 Å². The van der Waals surface area contributed by atoms with E-state index in [1.54, 1.807) is 0 Å². The molecule has 0 aliphatic rings. The molecule has 0 aromatic carbocycles. The maximum atomic E-state index is 12.4. The van der Waals surface area contributed by atoms with Crippen molar-refractivity contribution in [2.45, 2.75) is 13.0 Å². The highest BCUT2D eigenvalue weighted by Gasteiger charge is 2.15. The van der Waals surface area contributed by atoms with Crippen LogP contribution in [-0.4, -0.2) is 51.4 Å². The Kier molecular flexibility index (Phi) is 4.91. The molecule has 0 spiro atoms. The topological polar surface area (TPSA) is 75.9 Å². The maximum absolute atomic E-state index is 12.4. The van der Waals surface area contributed by atoms with Crippen molar-refractivity contribution in [1.29, 1.82) is 0 Å². The van der Waals surface area contributed by atoms with Crippen LogP contribution in [-0.2, 0) is 6.42 Å². The molecule has 2 rings (SSSR count). The molecule has 2 heterocycles. The van der Waals surface area contributed by atoms with E-state index >= 15 is 0 Å². The summed E-state index contributed by atoms with van der Waals surface area (Å²) >= 11 is 1.25. The number of anilines is 1. The van der Waals surface area contributed by atoms with Crippen molar-refractivity contribution in [2.75, 3.05) is 26.0 Å². The Labute approximate surface area is 123 Å². The molecule has 0 aliphatic carbocycles. The molecule has 2 aromatic rings. The monoisotopic (exact) mass is 316 g/mol. The summed E-state index contributed by atoms with van der Waals surface area (Å²) in [6.07, 6.45) is 1.77. The van der Waals surface area contributed by atoms with Crippen LogP contribution >= 0.6 is 11.3 Å². The van der Waals surface area contributed by atoms with Crippen molar-refractivity contribution < 1.29 is 13.6 Å². The summed E-state index contributed by atoms with van der Waals surface area (Å²) < 4.78 is 25.2. The number of halogens is 2. The van der Waals surface area contributed by atoms with Gasteiger partial charge in [0.2, 0.25) is 5.13 Å². The average molecular weight is 316 g/mol. The first-order valence-electron chi connectivity index (χ1n) is 6.07. The van der Waals surface area contributed by atoms with E-state index in [-0.39, 0.29) is 5.69 Å². The third kappa shape index (κ3) is 4.26. The molecule has 114 valence electrons. The van der Waals surface area contributed by atoms with E-state index in [2.05, 4.69) is 20.6 Å². The molecule has 0 atom stereocenters. The van der Waals surface area contributed by atoms with Gasteiger partial charge in [-0.3, -0.25) is 10.1 Å². The maximum Gasteiger partial charge on any atom is 0.333 e. The Hall–Kier alpha value is -1.94. The zero-order valence-electron chi connectivity index (χ0n) is 11.5. The van der Waals surface area contributed by atoms with Gasteiger partial charge in [-0.1, -0.05) is 11.3 Å². The predicted molar refractivity (Wildman–Crippen MR) is 73.6 cm³/mol. The lowest BCUT2D eigenvalue weighted by Gasteiger charge is -2.05. The summed E-state index contributed by atoms with van der Waals surface area (Å²) in [4.78, 5) is 13.8. The van der Waals surface area contributed by atoms with Gasteiger partial charge >= 0.3 is 6.55 Å². The van der Waals surface area contributed by atoms with Crippen LogP contribution in [0.4, 0.5) is 13.9 Å². The lowest BCUT2D eigenvalue weighted by Crippen LogP contribution is -2.14. The molecule has 1 N–H and O–H groups in total. The molecule has 0 saturated carbocycles. The Morgan fingerprint density at radius 2 is 2.24 bits per heavy atom. The minimum absolute atomic E-state index is 0.0969. The van der Waals surface area contributed by atoms with Crippen molar-refractivity contribution in [3.8, 4) is 0 Å². The fourth-order valence-electron chi connectivity index (χ4n) is 1.45. The molecular weight excluding hydrogens is 302 g/mol. The molecule has 0 fully saturated rings. The second-order valence-electron chi connectivity index (χ2n) is 4.47. The van der Waals surface area contributed by atoms with Crippen LogP contribution in [0, 0.1) is 0 Å². The third-order valence-electron chi connectivity index (χ3n) is 2.50. The summed E-state index contributed by atoms with van der Waals surface area (Å²) in [5.41, 5.74) is -0.0969. The van der Waals surface area contributed by atoms with Crippen LogP contribution in [0.1, 0.15) is 22.0 Å². The van der Waals surface area contributed by atoms with Crippen molar-refractivity contribution >= 4 is 22.4 Å². The van der Waals surface area contributed by atoms with Gasteiger partial charge in [-0.05, 0) is 20.2 Å². The van der Waals surface area contributed by atoms with Gasteiger partial charge in [0.05, 0.1) is 0 Å². The van der Waals surface area contributed by atoms with Crippen LogP contribution in [0.2, 0.25) is 0 Å². The largest absolute Gasteiger partial charge is 0.333 e. The second-order valence-corrected chi connectivity index (χ2v) is 5.53. The molecule has 10 heteroatoms. The van der Waals surface area contributed by atoms with Gasteiger partial charge < -0.3 is 4.90 Å². The number of amides is 1. The molecular formula is C11H14F2N6OS. The lowest BCUT2D eigenvalue weighted by molar-refractivity contribution is 0.0561. The molecule has 0 saturated heterocycles. The highest BCUT2D eigenvalue weighted by molar-refractivity contribution is 7.15. The summed E-state index contributed by atoms with van der Waals surface area (Å²) in [6, 6.07) is 1.22. The molecule has 0 radical (unpaired) electrons. The van der Waals surface area contributed by atoms with Gasteiger partial charge in [0.15, 0.2) is 5.69 Å². The normalized spacial score (nSPS) is 11.3. The van der Waals surface area contributed by atoms with Crippen LogP contribution in [0.3, 0.4) is 0 Å². The van der Waals surface area contributed by atoms with E-state index < -0.39 is 12.5 Å². The van der Waals surface area contributed by atoms with Crippen LogP contribution in [0.25, 0.3) is 0 Å². The van der Waals surface area contributed by atoms with Crippen molar-refractivity contribution in [3.63, 3.8) is 0 Å². The Morgan fingerprint density at radius 3 is 2.86 bits per heavy atom. The Bertz CT molecular complexity index is 611. The Balaban J connectivity index is 1.95. The highest BCUT2D eigenvalue weighted by Crippen LogP contribution is 2.17. The molecule has 0 unspecified atom stereocenters. The summed E-state index contributed by atoms with van der Waals surface area (Å²) in [6.45, 7) is -1.95. The van der Waals surface area contributed by atoms with Crippen molar-refractivity contribution in [1.82, 2.24) is 24.9 Å². The third-order valence-corrected chi connectivity index (χ3v) is 3.40. The highest BCUT2D eigenvalue weighted by atomic mass is 32.1. The minimum Gasteiger partial charge on any atom is -0.309 e. The number of carbonyl (C=O) groups is 1. The van der Waals surface area contributed by atoms with Crippen LogP contribution in [0.15, 0.2) is 12.3 Å². The molecule has 0 bridgehead atoms. The van der Waals surface area contributed by atoms with Gasteiger partial charge in [0.25, 0.3) is 5.91 Å². The number of rotatable bonds is 6. The van der Waals surface area contributed by atoms with Gasteiger partial charge in [-0.2, -0.15) is 13.9 Å². The smallest absolute Gasteiger partial charge is 0.309 e. The number of carbonyl (C=O) groups excluding carboxylic acids is 1. The van der Waals surface area contributed by atoms with E-state index in [1.165, 1.54) is 17.4 Å². The molecule has 7 nitrogen and oxygen atoms in total. The number of alkyl halides is 2.